The summed E-state index contributed by atoms with van der Waals surface area (Å²) in [5.41, 5.74) is 0.933. The molecule has 2 fully saturated rings. The van der Waals surface area contributed by atoms with E-state index < -0.39 is 0 Å². The largest absolute Gasteiger partial charge is 0.353 e. The number of fused-ring (bicyclic) bond motifs is 3. The van der Waals surface area contributed by atoms with E-state index in [0.29, 0.717) is 42.5 Å². The van der Waals surface area contributed by atoms with Gasteiger partial charge in [0.2, 0.25) is 5.91 Å². The molecule has 1 aromatic rings. The Balaban J connectivity index is 1.27. The van der Waals surface area contributed by atoms with E-state index >= 15 is 0 Å². The molecule has 1 N–H and O–H groups in total. The van der Waals surface area contributed by atoms with Gasteiger partial charge in [-0.2, -0.15) is 0 Å². The molecule has 0 radical (unpaired) electrons. The van der Waals surface area contributed by atoms with Crippen molar-refractivity contribution in [1.29, 1.82) is 0 Å². The van der Waals surface area contributed by atoms with E-state index in [1.54, 1.807) is 24.3 Å². The van der Waals surface area contributed by atoms with Crippen molar-refractivity contribution in [3.63, 3.8) is 0 Å². The number of benzene rings is 1. The van der Waals surface area contributed by atoms with Gasteiger partial charge in [-0.1, -0.05) is 18.6 Å². The third-order valence-corrected chi connectivity index (χ3v) is 5.75. The van der Waals surface area contributed by atoms with Crippen LogP contribution in [0.5, 0.6) is 0 Å². The second-order valence-electron chi connectivity index (χ2n) is 7.26. The van der Waals surface area contributed by atoms with E-state index in [9.17, 15) is 14.4 Å². The first-order valence-electron chi connectivity index (χ1n) is 8.88. The molecule has 126 valence electrons. The molecule has 0 spiro atoms. The lowest BCUT2D eigenvalue weighted by Crippen LogP contribution is -2.39. The number of nitrogens with zero attached hydrogens (tertiary/aromatic N) is 1. The van der Waals surface area contributed by atoms with Crippen LogP contribution in [0.3, 0.4) is 0 Å². The normalized spacial score (nSPS) is 27.7. The molecular formula is C19H22N2O3. The molecule has 1 heterocycles. The first-order chi connectivity index (χ1) is 11.6. The van der Waals surface area contributed by atoms with Crippen molar-refractivity contribution in [2.75, 3.05) is 6.54 Å². The zero-order valence-corrected chi connectivity index (χ0v) is 13.7. The van der Waals surface area contributed by atoms with Gasteiger partial charge in [-0.3, -0.25) is 19.3 Å². The van der Waals surface area contributed by atoms with Gasteiger partial charge in [0, 0.05) is 19.0 Å². The Morgan fingerprint density at radius 3 is 2.38 bits per heavy atom. The number of amides is 3. The summed E-state index contributed by atoms with van der Waals surface area (Å²) in [6.45, 7) is 0.302. The Labute approximate surface area is 141 Å². The molecule has 4 rings (SSSR count). The lowest BCUT2D eigenvalue weighted by Gasteiger charge is -2.23. The zero-order valence-electron chi connectivity index (χ0n) is 13.7. The van der Waals surface area contributed by atoms with Crippen LogP contribution in [0.4, 0.5) is 0 Å². The average molecular weight is 326 g/mol. The van der Waals surface area contributed by atoms with Crippen molar-refractivity contribution in [1.82, 2.24) is 10.2 Å². The Morgan fingerprint density at radius 2 is 1.79 bits per heavy atom. The summed E-state index contributed by atoms with van der Waals surface area (Å²) in [4.78, 5) is 37.9. The van der Waals surface area contributed by atoms with Crippen LogP contribution in [-0.4, -0.2) is 35.2 Å². The SMILES string of the molecule is O=C(CCCN1C(=O)c2ccccc2C1=O)NC1CC2CCC1C2. The average Bonchev–Trinajstić information content (AvgIpc) is 3.25. The Morgan fingerprint density at radius 1 is 1.08 bits per heavy atom. The van der Waals surface area contributed by atoms with Crippen LogP contribution in [-0.2, 0) is 4.79 Å². The van der Waals surface area contributed by atoms with Gasteiger partial charge < -0.3 is 5.32 Å². The van der Waals surface area contributed by atoms with Crippen LogP contribution in [0.1, 0.15) is 59.2 Å². The summed E-state index contributed by atoms with van der Waals surface area (Å²) in [5.74, 6) is 1.02. The smallest absolute Gasteiger partial charge is 0.261 e. The number of carbonyl (C=O) groups excluding carboxylic acids is 3. The third-order valence-electron chi connectivity index (χ3n) is 5.75. The molecule has 0 saturated heterocycles. The Hall–Kier alpha value is -2.17. The maximum Gasteiger partial charge on any atom is 0.261 e. The number of imide groups is 1. The molecule has 3 amide bonds. The molecule has 3 aliphatic rings. The molecule has 2 aliphatic carbocycles. The Kier molecular flexibility index (Phi) is 3.87. The van der Waals surface area contributed by atoms with E-state index in [1.165, 1.54) is 24.2 Å². The molecule has 2 bridgehead atoms. The van der Waals surface area contributed by atoms with Crippen molar-refractivity contribution in [2.24, 2.45) is 11.8 Å². The molecule has 0 aromatic heterocycles. The summed E-state index contributed by atoms with van der Waals surface area (Å²) >= 11 is 0. The fourth-order valence-corrected chi connectivity index (χ4v) is 4.54. The van der Waals surface area contributed by atoms with Gasteiger partial charge in [-0.25, -0.2) is 0 Å². The molecule has 5 heteroatoms. The molecule has 1 aromatic carbocycles. The van der Waals surface area contributed by atoms with E-state index in [0.717, 1.165) is 12.3 Å². The molecule has 5 nitrogen and oxygen atoms in total. The standard InChI is InChI=1S/C19H22N2O3/c22-17(20-16-11-12-7-8-13(16)10-12)6-3-9-21-18(23)14-4-1-2-5-15(14)19(21)24/h1-2,4-5,12-13,16H,3,6-11H2,(H,20,22). The van der Waals surface area contributed by atoms with E-state index in [1.807, 2.05) is 0 Å². The van der Waals surface area contributed by atoms with Crippen molar-refractivity contribution in [3.8, 4) is 0 Å². The first-order valence-corrected chi connectivity index (χ1v) is 8.88. The molecule has 1 aliphatic heterocycles. The van der Waals surface area contributed by atoms with Crippen LogP contribution < -0.4 is 5.32 Å². The zero-order chi connectivity index (χ0) is 16.7. The molecule has 2 saturated carbocycles. The maximum atomic E-state index is 12.3. The van der Waals surface area contributed by atoms with Crippen LogP contribution in [0.2, 0.25) is 0 Å². The highest BCUT2D eigenvalue weighted by Gasteiger charge is 2.40. The lowest BCUT2D eigenvalue weighted by molar-refractivity contribution is -0.122. The minimum Gasteiger partial charge on any atom is -0.353 e. The molecule has 24 heavy (non-hydrogen) atoms. The number of carbonyl (C=O) groups is 3. The second-order valence-corrected chi connectivity index (χ2v) is 7.26. The van der Waals surface area contributed by atoms with E-state index in [2.05, 4.69) is 5.32 Å². The summed E-state index contributed by atoms with van der Waals surface area (Å²) in [5, 5.41) is 3.15. The predicted octanol–water partition coefficient (Wildman–Crippen LogP) is 2.37. The highest BCUT2D eigenvalue weighted by atomic mass is 16.2. The van der Waals surface area contributed by atoms with Gasteiger partial charge in [0.15, 0.2) is 0 Å². The van der Waals surface area contributed by atoms with E-state index in [-0.39, 0.29) is 17.7 Å². The summed E-state index contributed by atoms with van der Waals surface area (Å²) < 4.78 is 0. The fraction of sp³-hybridized carbons (Fsp3) is 0.526. The van der Waals surface area contributed by atoms with Crippen LogP contribution >= 0.6 is 0 Å². The summed E-state index contributed by atoms with van der Waals surface area (Å²) in [6.07, 6.45) is 5.82. The molecule has 3 atom stereocenters. The highest BCUT2D eigenvalue weighted by molar-refractivity contribution is 6.21. The quantitative estimate of drug-likeness (QED) is 0.845. The van der Waals surface area contributed by atoms with Crippen LogP contribution in [0.15, 0.2) is 24.3 Å². The van der Waals surface area contributed by atoms with Gasteiger partial charge in [0.1, 0.15) is 0 Å². The molecular weight excluding hydrogens is 304 g/mol. The van der Waals surface area contributed by atoms with Crippen molar-refractivity contribution in [2.45, 2.75) is 44.6 Å². The van der Waals surface area contributed by atoms with E-state index in [4.69, 9.17) is 0 Å². The van der Waals surface area contributed by atoms with Crippen molar-refractivity contribution >= 4 is 17.7 Å². The fourth-order valence-electron chi connectivity index (χ4n) is 4.54. The van der Waals surface area contributed by atoms with Gasteiger partial charge in [-0.15, -0.1) is 0 Å². The van der Waals surface area contributed by atoms with Crippen LogP contribution in [0.25, 0.3) is 0 Å². The highest BCUT2D eigenvalue weighted by Crippen LogP contribution is 2.44. The number of hydrogen-bond donors (Lipinski definition) is 1. The van der Waals surface area contributed by atoms with Crippen LogP contribution in [0, 0.1) is 11.8 Å². The molecule has 3 unspecified atom stereocenters. The maximum absolute atomic E-state index is 12.3. The minimum absolute atomic E-state index is 0.0455. The minimum atomic E-state index is -0.246. The Bertz CT molecular complexity index is 665. The lowest BCUT2D eigenvalue weighted by atomic mass is 9.95. The summed E-state index contributed by atoms with van der Waals surface area (Å²) in [6, 6.07) is 7.22. The monoisotopic (exact) mass is 326 g/mol. The summed E-state index contributed by atoms with van der Waals surface area (Å²) in [7, 11) is 0. The number of hydrogen-bond acceptors (Lipinski definition) is 3. The van der Waals surface area contributed by atoms with Gasteiger partial charge in [0.25, 0.3) is 11.8 Å². The second kappa shape index (κ2) is 6.04. The van der Waals surface area contributed by atoms with Gasteiger partial charge in [0.05, 0.1) is 11.1 Å². The first kappa shape index (κ1) is 15.4. The van der Waals surface area contributed by atoms with Crippen molar-refractivity contribution in [3.05, 3.63) is 35.4 Å². The van der Waals surface area contributed by atoms with Gasteiger partial charge >= 0.3 is 0 Å². The predicted molar refractivity (Wildman–Crippen MR) is 88.4 cm³/mol. The number of rotatable bonds is 5. The van der Waals surface area contributed by atoms with Crippen molar-refractivity contribution < 1.29 is 14.4 Å². The number of nitrogens with one attached hydrogen (secondary N) is 1. The topological polar surface area (TPSA) is 66.5 Å². The van der Waals surface area contributed by atoms with Gasteiger partial charge in [-0.05, 0) is 49.7 Å². The third kappa shape index (κ3) is 2.62.